The fraction of sp³-hybridized carbons (Fsp3) is 0.417. The number of nitrogens with one attached hydrogen (secondary N) is 1. The van der Waals surface area contributed by atoms with Crippen LogP contribution in [-0.4, -0.2) is 35.7 Å². The lowest BCUT2D eigenvalue weighted by Crippen LogP contribution is -2.56. The van der Waals surface area contributed by atoms with Gasteiger partial charge in [-0.05, 0) is 24.2 Å². The zero-order valence-corrected chi connectivity index (χ0v) is 10.0. The van der Waals surface area contributed by atoms with Crippen LogP contribution in [-0.2, 0) is 6.42 Å². The Morgan fingerprint density at radius 2 is 2.19 bits per heavy atom. The molecular formula is C12H17N3S. The minimum Gasteiger partial charge on any atom is -0.376 e. The van der Waals surface area contributed by atoms with Crippen LogP contribution in [0.25, 0.3) is 0 Å². The van der Waals surface area contributed by atoms with Crippen LogP contribution in [0.15, 0.2) is 30.3 Å². The third-order valence-corrected chi connectivity index (χ3v) is 3.18. The average Bonchev–Trinajstić information content (AvgIpc) is 2.31. The lowest BCUT2D eigenvalue weighted by molar-refractivity contribution is 0.257. The summed E-state index contributed by atoms with van der Waals surface area (Å²) < 4.78 is 0. The summed E-state index contributed by atoms with van der Waals surface area (Å²) in [4.78, 5) is 2.12. The van der Waals surface area contributed by atoms with Crippen LogP contribution in [0.4, 0.5) is 0 Å². The van der Waals surface area contributed by atoms with E-state index in [-0.39, 0.29) is 0 Å². The monoisotopic (exact) mass is 235 g/mol. The second-order valence-electron chi connectivity index (χ2n) is 4.08. The number of piperazine rings is 1. The van der Waals surface area contributed by atoms with Crippen molar-refractivity contribution in [3.05, 3.63) is 35.9 Å². The SMILES string of the molecule is NC(=S)N1CCNCC1Cc1ccccc1. The summed E-state index contributed by atoms with van der Waals surface area (Å²) in [6, 6.07) is 10.8. The Morgan fingerprint density at radius 3 is 2.88 bits per heavy atom. The van der Waals surface area contributed by atoms with E-state index in [1.807, 2.05) is 6.07 Å². The first kappa shape index (κ1) is 11.4. The summed E-state index contributed by atoms with van der Waals surface area (Å²) in [6.07, 6.45) is 0.991. The molecule has 0 radical (unpaired) electrons. The first-order valence-electron chi connectivity index (χ1n) is 5.58. The Balaban J connectivity index is 2.04. The first-order valence-corrected chi connectivity index (χ1v) is 5.99. The van der Waals surface area contributed by atoms with Crippen LogP contribution >= 0.6 is 12.2 Å². The molecule has 86 valence electrons. The Bertz CT molecular complexity index is 353. The first-order chi connectivity index (χ1) is 7.77. The third kappa shape index (κ3) is 2.71. The van der Waals surface area contributed by atoms with Gasteiger partial charge in [-0.15, -0.1) is 0 Å². The average molecular weight is 235 g/mol. The van der Waals surface area contributed by atoms with Gasteiger partial charge in [0, 0.05) is 25.7 Å². The van der Waals surface area contributed by atoms with Crippen LogP contribution in [0.3, 0.4) is 0 Å². The molecule has 0 amide bonds. The second-order valence-corrected chi connectivity index (χ2v) is 4.50. The molecule has 0 aliphatic carbocycles. The predicted octanol–water partition coefficient (Wildman–Crippen LogP) is 0.747. The van der Waals surface area contributed by atoms with Gasteiger partial charge in [0.15, 0.2) is 5.11 Å². The molecule has 0 spiro atoms. The Hall–Kier alpha value is -1.13. The molecule has 2 rings (SSSR count). The summed E-state index contributed by atoms with van der Waals surface area (Å²) >= 11 is 5.08. The summed E-state index contributed by atoms with van der Waals surface area (Å²) in [5, 5.41) is 3.90. The zero-order chi connectivity index (χ0) is 11.4. The summed E-state index contributed by atoms with van der Waals surface area (Å²) in [6.45, 7) is 2.82. The molecule has 0 aromatic heterocycles. The normalized spacial score (nSPS) is 20.8. The number of thiocarbonyl (C=S) groups is 1. The summed E-state index contributed by atoms with van der Waals surface area (Å²) in [5.41, 5.74) is 7.07. The van der Waals surface area contributed by atoms with E-state index in [1.165, 1.54) is 5.56 Å². The highest BCUT2D eigenvalue weighted by Crippen LogP contribution is 2.10. The van der Waals surface area contributed by atoms with E-state index in [0.717, 1.165) is 26.1 Å². The van der Waals surface area contributed by atoms with Gasteiger partial charge in [0.25, 0.3) is 0 Å². The van der Waals surface area contributed by atoms with Crippen molar-refractivity contribution in [1.82, 2.24) is 10.2 Å². The molecule has 0 bridgehead atoms. The second kappa shape index (κ2) is 5.27. The molecule has 1 aromatic carbocycles. The van der Waals surface area contributed by atoms with Gasteiger partial charge in [-0.25, -0.2) is 0 Å². The zero-order valence-electron chi connectivity index (χ0n) is 9.23. The number of hydrogen-bond donors (Lipinski definition) is 2. The molecular weight excluding hydrogens is 218 g/mol. The van der Waals surface area contributed by atoms with Gasteiger partial charge in [0.2, 0.25) is 0 Å². The predicted molar refractivity (Wildman–Crippen MR) is 70.3 cm³/mol. The van der Waals surface area contributed by atoms with Crippen LogP contribution in [0.2, 0.25) is 0 Å². The lowest BCUT2D eigenvalue weighted by atomic mass is 10.0. The minimum absolute atomic E-state index is 0.383. The smallest absolute Gasteiger partial charge is 0.166 e. The fourth-order valence-electron chi connectivity index (χ4n) is 2.12. The number of rotatable bonds is 2. The van der Waals surface area contributed by atoms with Crippen molar-refractivity contribution < 1.29 is 0 Å². The molecule has 1 aliphatic rings. The summed E-state index contributed by atoms with van der Waals surface area (Å²) in [7, 11) is 0. The number of nitrogens with two attached hydrogens (primary N) is 1. The Kier molecular flexibility index (Phi) is 3.74. The maximum atomic E-state index is 5.74. The number of hydrogen-bond acceptors (Lipinski definition) is 2. The van der Waals surface area contributed by atoms with Gasteiger partial charge >= 0.3 is 0 Å². The van der Waals surface area contributed by atoms with Crippen molar-refractivity contribution >= 4 is 17.3 Å². The quantitative estimate of drug-likeness (QED) is 0.742. The van der Waals surface area contributed by atoms with E-state index in [4.69, 9.17) is 18.0 Å². The van der Waals surface area contributed by atoms with Crippen LogP contribution in [0.1, 0.15) is 5.56 Å². The molecule has 1 aliphatic heterocycles. The van der Waals surface area contributed by atoms with Crippen molar-refractivity contribution in [2.75, 3.05) is 19.6 Å². The molecule has 1 heterocycles. The van der Waals surface area contributed by atoms with Gasteiger partial charge in [-0.2, -0.15) is 0 Å². The van der Waals surface area contributed by atoms with Gasteiger partial charge in [0.1, 0.15) is 0 Å². The molecule has 0 saturated carbocycles. The highest BCUT2D eigenvalue weighted by atomic mass is 32.1. The lowest BCUT2D eigenvalue weighted by Gasteiger charge is -2.36. The standard InChI is InChI=1S/C12H17N3S/c13-12(16)15-7-6-14-9-11(15)8-10-4-2-1-3-5-10/h1-5,11,14H,6-9H2,(H2,13,16). The third-order valence-electron chi connectivity index (χ3n) is 2.95. The fourth-order valence-corrected chi connectivity index (χ4v) is 2.36. The van der Waals surface area contributed by atoms with Crippen molar-refractivity contribution in [2.24, 2.45) is 5.73 Å². The van der Waals surface area contributed by atoms with Crippen molar-refractivity contribution in [3.63, 3.8) is 0 Å². The van der Waals surface area contributed by atoms with Crippen molar-refractivity contribution in [3.8, 4) is 0 Å². The maximum absolute atomic E-state index is 5.74. The Labute approximate surface area is 102 Å². The maximum Gasteiger partial charge on any atom is 0.166 e. The number of benzene rings is 1. The van der Waals surface area contributed by atoms with Crippen LogP contribution in [0, 0.1) is 0 Å². The molecule has 4 heteroatoms. The van der Waals surface area contributed by atoms with Crippen LogP contribution in [0.5, 0.6) is 0 Å². The van der Waals surface area contributed by atoms with E-state index >= 15 is 0 Å². The topological polar surface area (TPSA) is 41.3 Å². The molecule has 3 nitrogen and oxygen atoms in total. The molecule has 3 N–H and O–H groups in total. The van der Waals surface area contributed by atoms with Gasteiger partial charge < -0.3 is 16.0 Å². The highest BCUT2D eigenvalue weighted by molar-refractivity contribution is 7.80. The molecule has 1 aromatic rings. The van der Waals surface area contributed by atoms with Crippen molar-refractivity contribution in [1.29, 1.82) is 0 Å². The van der Waals surface area contributed by atoms with E-state index in [0.29, 0.717) is 11.2 Å². The molecule has 1 atom stereocenters. The van der Waals surface area contributed by atoms with E-state index in [9.17, 15) is 0 Å². The highest BCUT2D eigenvalue weighted by Gasteiger charge is 2.22. The largest absolute Gasteiger partial charge is 0.376 e. The van der Waals surface area contributed by atoms with Crippen LogP contribution < -0.4 is 11.1 Å². The van der Waals surface area contributed by atoms with E-state index < -0.39 is 0 Å². The molecule has 1 unspecified atom stereocenters. The summed E-state index contributed by atoms with van der Waals surface area (Å²) in [5.74, 6) is 0. The van der Waals surface area contributed by atoms with E-state index in [2.05, 4.69) is 34.5 Å². The Morgan fingerprint density at radius 1 is 1.44 bits per heavy atom. The number of nitrogens with zero attached hydrogens (tertiary/aromatic N) is 1. The van der Waals surface area contributed by atoms with E-state index in [1.54, 1.807) is 0 Å². The molecule has 1 saturated heterocycles. The molecule has 1 fully saturated rings. The van der Waals surface area contributed by atoms with Gasteiger partial charge in [-0.1, -0.05) is 30.3 Å². The van der Waals surface area contributed by atoms with Gasteiger partial charge in [0.05, 0.1) is 0 Å². The molecule has 16 heavy (non-hydrogen) atoms. The van der Waals surface area contributed by atoms with Gasteiger partial charge in [-0.3, -0.25) is 0 Å². The minimum atomic E-state index is 0.383. The van der Waals surface area contributed by atoms with Crippen molar-refractivity contribution in [2.45, 2.75) is 12.5 Å².